The quantitative estimate of drug-likeness (QED) is 0.617. The highest BCUT2D eigenvalue weighted by molar-refractivity contribution is 7.99. The molecule has 0 radical (unpaired) electrons. The molecule has 7 heteroatoms. The Bertz CT molecular complexity index is 862. The van der Waals surface area contributed by atoms with Crippen molar-refractivity contribution in [3.8, 4) is 11.3 Å². The monoisotopic (exact) mass is 433 g/mol. The average Bonchev–Trinajstić information content (AvgIpc) is 3.04. The van der Waals surface area contributed by atoms with Crippen LogP contribution >= 0.6 is 23.1 Å². The number of nitrogens with one attached hydrogen (secondary N) is 1. The first-order chi connectivity index (χ1) is 14.0. The van der Waals surface area contributed by atoms with Gasteiger partial charge in [-0.15, -0.1) is 23.1 Å². The van der Waals surface area contributed by atoms with Crippen molar-refractivity contribution in [3.63, 3.8) is 0 Å². The zero-order chi connectivity index (χ0) is 20.4. The molecule has 0 bridgehead atoms. The van der Waals surface area contributed by atoms with Gasteiger partial charge in [-0.3, -0.25) is 4.79 Å². The molecule has 2 aromatic rings. The van der Waals surface area contributed by atoms with E-state index in [0.717, 1.165) is 72.1 Å². The van der Waals surface area contributed by atoms with Gasteiger partial charge in [0, 0.05) is 39.7 Å². The van der Waals surface area contributed by atoms with Gasteiger partial charge in [0.25, 0.3) is 0 Å². The molecular formula is C22H28FN3OS2. The van der Waals surface area contributed by atoms with Gasteiger partial charge in [-0.05, 0) is 70.1 Å². The van der Waals surface area contributed by atoms with Crippen molar-refractivity contribution < 1.29 is 9.18 Å². The van der Waals surface area contributed by atoms with Crippen molar-refractivity contribution in [1.29, 1.82) is 0 Å². The number of aromatic nitrogens is 1. The van der Waals surface area contributed by atoms with Crippen LogP contribution in [0.3, 0.4) is 0 Å². The van der Waals surface area contributed by atoms with E-state index >= 15 is 0 Å². The Labute approximate surface area is 180 Å². The lowest BCUT2D eigenvalue weighted by Gasteiger charge is -2.37. The van der Waals surface area contributed by atoms with E-state index in [0.29, 0.717) is 12.0 Å². The number of anilines is 1. The summed E-state index contributed by atoms with van der Waals surface area (Å²) >= 11 is 3.49. The summed E-state index contributed by atoms with van der Waals surface area (Å²) in [6.45, 7) is 5.07. The summed E-state index contributed by atoms with van der Waals surface area (Å²) in [5.74, 6) is 1.40. The molecule has 1 aromatic carbocycles. The largest absolute Gasteiger partial charge is 0.361 e. The molecule has 0 saturated heterocycles. The van der Waals surface area contributed by atoms with Crippen LogP contribution in [0.2, 0.25) is 0 Å². The lowest BCUT2D eigenvalue weighted by Crippen LogP contribution is -2.42. The number of hydrogen-bond donors (Lipinski definition) is 1. The van der Waals surface area contributed by atoms with Gasteiger partial charge >= 0.3 is 0 Å². The van der Waals surface area contributed by atoms with E-state index in [-0.39, 0.29) is 11.9 Å². The molecule has 1 aromatic heterocycles. The number of carbonyl (C=O) groups excluding carboxylic acids is 1. The Hall–Kier alpha value is -1.60. The first-order valence-corrected chi connectivity index (χ1v) is 12.2. The molecule has 1 saturated carbocycles. The number of thiazole rings is 1. The van der Waals surface area contributed by atoms with Crippen LogP contribution in [0.25, 0.3) is 11.3 Å². The van der Waals surface area contributed by atoms with Gasteiger partial charge in [0.05, 0.1) is 5.69 Å². The minimum atomic E-state index is -0.206. The van der Waals surface area contributed by atoms with Crippen LogP contribution < -0.4 is 5.32 Å². The summed E-state index contributed by atoms with van der Waals surface area (Å²) in [5, 5.41) is 4.48. The number of carbonyl (C=O) groups is 1. The zero-order valence-corrected chi connectivity index (χ0v) is 18.6. The van der Waals surface area contributed by atoms with Crippen LogP contribution in [0.15, 0.2) is 23.1 Å². The van der Waals surface area contributed by atoms with Crippen LogP contribution in [-0.2, 0) is 11.2 Å². The Balaban J connectivity index is 1.38. The van der Waals surface area contributed by atoms with E-state index in [1.807, 2.05) is 11.0 Å². The highest BCUT2D eigenvalue weighted by Crippen LogP contribution is 2.41. The van der Waals surface area contributed by atoms with E-state index in [2.05, 4.69) is 19.2 Å². The molecule has 0 atom stereocenters. The van der Waals surface area contributed by atoms with Gasteiger partial charge in [0.15, 0.2) is 5.13 Å². The molecule has 0 unspecified atom stereocenters. The Morgan fingerprint density at radius 3 is 2.83 bits per heavy atom. The number of aryl methyl sites for hydroxylation is 1. The summed E-state index contributed by atoms with van der Waals surface area (Å²) in [6, 6.07) is 5.66. The second-order valence-electron chi connectivity index (χ2n) is 8.23. The number of thioether (sulfide) groups is 1. The third-order valence-electron chi connectivity index (χ3n) is 5.98. The molecule has 2 aliphatic rings. The Kier molecular flexibility index (Phi) is 6.44. The summed E-state index contributed by atoms with van der Waals surface area (Å²) < 4.78 is 13.8. The highest BCUT2D eigenvalue weighted by atomic mass is 32.2. The van der Waals surface area contributed by atoms with E-state index in [4.69, 9.17) is 4.98 Å². The molecule has 1 fully saturated rings. The van der Waals surface area contributed by atoms with Gasteiger partial charge in [0.2, 0.25) is 6.41 Å². The van der Waals surface area contributed by atoms with E-state index in [9.17, 15) is 9.18 Å². The number of nitrogens with zero attached hydrogens (tertiary/aromatic N) is 2. The lowest BCUT2D eigenvalue weighted by molar-refractivity contribution is -0.122. The number of amides is 1. The molecule has 0 spiro atoms. The number of hydrogen-bond acceptors (Lipinski definition) is 5. The Morgan fingerprint density at radius 2 is 2.10 bits per heavy atom. The third kappa shape index (κ3) is 4.61. The second kappa shape index (κ2) is 9.04. The maximum atomic E-state index is 13.8. The fraction of sp³-hybridized carbons (Fsp3) is 0.545. The lowest BCUT2D eigenvalue weighted by atomic mass is 9.85. The Morgan fingerprint density at radius 1 is 1.31 bits per heavy atom. The normalized spacial score (nSPS) is 21.2. The summed E-state index contributed by atoms with van der Waals surface area (Å²) in [5.41, 5.74) is 1.87. The molecule has 1 aliphatic heterocycles. The molecule has 2 heterocycles. The van der Waals surface area contributed by atoms with Gasteiger partial charge < -0.3 is 10.2 Å². The van der Waals surface area contributed by atoms with Crippen molar-refractivity contribution in [2.24, 2.45) is 5.92 Å². The number of benzene rings is 1. The van der Waals surface area contributed by atoms with Gasteiger partial charge in [-0.25, -0.2) is 9.37 Å². The van der Waals surface area contributed by atoms with Crippen molar-refractivity contribution >= 4 is 34.6 Å². The molecule has 1 aliphatic carbocycles. The van der Waals surface area contributed by atoms with Crippen molar-refractivity contribution in [2.45, 2.75) is 62.9 Å². The molecular weight excluding hydrogens is 405 g/mol. The number of halogens is 1. The topological polar surface area (TPSA) is 45.2 Å². The summed E-state index contributed by atoms with van der Waals surface area (Å²) in [7, 11) is 0. The maximum Gasteiger partial charge on any atom is 0.210 e. The van der Waals surface area contributed by atoms with Gasteiger partial charge in [-0.2, -0.15) is 0 Å². The van der Waals surface area contributed by atoms with Crippen molar-refractivity contribution in [3.05, 3.63) is 28.9 Å². The first kappa shape index (κ1) is 20.7. The van der Waals surface area contributed by atoms with Crippen molar-refractivity contribution in [1.82, 2.24) is 9.88 Å². The summed E-state index contributed by atoms with van der Waals surface area (Å²) in [6.07, 6.45) is 6.38. The molecule has 156 valence electrons. The molecule has 29 heavy (non-hydrogen) atoms. The van der Waals surface area contributed by atoms with E-state index in [1.165, 1.54) is 10.9 Å². The van der Waals surface area contributed by atoms with E-state index in [1.54, 1.807) is 29.2 Å². The predicted octanol–water partition coefficient (Wildman–Crippen LogP) is 5.43. The number of rotatable bonds is 6. The maximum absolute atomic E-state index is 13.8. The smallest absolute Gasteiger partial charge is 0.210 e. The van der Waals surface area contributed by atoms with Crippen LogP contribution in [-0.4, -0.2) is 40.7 Å². The molecule has 4 nitrogen and oxygen atoms in total. The van der Waals surface area contributed by atoms with Crippen LogP contribution in [0.5, 0.6) is 0 Å². The van der Waals surface area contributed by atoms with Gasteiger partial charge in [0.1, 0.15) is 5.82 Å². The van der Waals surface area contributed by atoms with Gasteiger partial charge in [-0.1, -0.05) is 0 Å². The predicted molar refractivity (Wildman–Crippen MR) is 119 cm³/mol. The second-order valence-corrected chi connectivity index (χ2v) is 10.5. The average molecular weight is 434 g/mol. The zero-order valence-electron chi connectivity index (χ0n) is 17.0. The van der Waals surface area contributed by atoms with Crippen LogP contribution in [0, 0.1) is 11.7 Å². The van der Waals surface area contributed by atoms with E-state index < -0.39 is 0 Å². The summed E-state index contributed by atoms with van der Waals surface area (Å²) in [4.78, 5) is 20.5. The molecule has 4 rings (SSSR count). The van der Waals surface area contributed by atoms with Crippen LogP contribution in [0.1, 0.15) is 44.4 Å². The SMILES string of the molecule is CC(C)N(C=O)[C@H]1CC[C@H](CNc2nc3c(s2)CCSc2ccc(F)cc2-3)CC1. The highest BCUT2D eigenvalue weighted by Gasteiger charge is 2.27. The van der Waals surface area contributed by atoms with Crippen LogP contribution in [0.4, 0.5) is 9.52 Å². The molecule has 1 amide bonds. The fourth-order valence-corrected chi connectivity index (χ4v) is 6.50. The van der Waals surface area contributed by atoms with Crippen molar-refractivity contribution in [2.75, 3.05) is 17.6 Å². The molecule has 1 N–H and O–H groups in total. The first-order valence-electron chi connectivity index (χ1n) is 10.4. The standard InChI is InChI=1S/C22H28FN3OS2/c1-14(2)26(13-27)17-6-3-15(4-7-17)12-24-22-25-21-18-11-16(23)5-8-19(18)28-10-9-20(21)29-22/h5,8,11,13-15,17H,3-4,6-7,9-10,12H2,1-2H3,(H,24,25)/t15-,17-. The number of fused-ring (bicyclic) bond motifs is 3. The fourth-order valence-electron chi connectivity index (χ4n) is 4.38. The minimum absolute atomic E-state index is 0.206. The third-order valence-corrected chi connectivity index (χ3v) is 8.13. The minimum Gasteiger partial charge on any atom is -0.361 e.